The van der Waals surface area contributed by atoms with Gasteiger partial charge in [0.1, 0.15) is 5.75 Å². The molecule has 0 spiro atoms. The Bertz CT molecular complexity index is 591. The van der Waals surface area contributed by atoms with Gasteiger partial charge in [-0.2, -0.15) is 0 Å². The first-order valence-corrected chi connectivity index (χ1v) is 6.20. The molecule has 2 rings (SSSR count). The van der Waals surface area contributed by atoms with Gasteiger partial charge in [0, 0.05) is 0 Å². The van der Waals surface area contributed by atoms with Crippen LogP contribution in [-0.2, 0) is 0 Å². The lowest BCUT2D eigenvalue weighted by molar-refractivity contribution is 0.198. The molecular weight excluding hydrogens is 243 g/mol. The summed E-state index contributed by atoms with van der Waals surface area (Å²) in [7, 11) is 0. The van der Waals surface area contributed by atoms with Crippen LogP contribution in [0.25, 0.3) is 0 Å². The van der Waals surface area contributed by atoms with E-state index in [1.165, 1.54) is 12.1 Å². The third kappa shape index (κ3) is 3.12. The summed E-state index contributed by atoms with van der Waals surface area (Å²) in [6, 6.07) is 10.1. The zero-order valence-electron chi connectivity index (χ0n) is 11.3. The fourth-order valence-electron chi connectivity index (χ4n) is 1.76. The van der Waals surface area contributed by atoms with E-state index >= 15 is 0 Å². The number of aryl methyl sites for hydroxylation is 2. The number of benzene rings is 2. The number of halogens is 1. The van der Waals surface area contributed by atoms with Gasteiger partial charge in [0.15, 0.2) is 11.6 Å². The summed E-state index contributed by atoms with van der Waals surface area (Å²) >= 11 is 0. The van der Waals surface area contributed by atoms with Crippen molar-refractivity contribution in [3.8, 4) is 11.5 Å². The van der Waals surface area contributed by atoms with Gasteiger partial charge in [-0.05, 0) is 61.7 Å². The van der Waals surface area contributed by atoms with Crippen LogP contribution >= 0.6 is 0 Å². The second-order valence-electron chi connectivity index (χ2n) is 4.71. The smallest absolute Gasteiger partial charge is 0.166 e. The van der Waals surface area contributed by atoms with E-state index in [2.05, 4.69) is 0 Å². The highest BCUT2D eigenvalue weighted by atomic mass is 19.1. The van der Waals surface area contributed by atoms with Crippen molar-refractivity contribution in [2.75, 3.05) is 0 Å². The Kier molecular flexibility index (Phi) is 3.86. The average molecular weight is 260 g/mol. The third-order valence-corrected chi connectivity index (χ3v) is 3.14. The molecule has 0 bridgehead atoms. The third-order valence-electron chi connectivity index (χ3n) is 3.14. The van der Waals surface area contributed by atoms with Crippen molar-refractivity contribution < 1.29 is 14.2 Å². The SMILES string of the molecule is Cc1ccc(Oc2ccc(C(C)O)cc2F)cc1C. The van der Waals surface area contributed by atoms with E-state index in [4.69, 9.17) is 4.74 Å². The second kappa shape index (κ2) is 5.41. The van der Waals surface area contributed by atoms with Crippen molar-refractivity contribution in [1.29, 1.82) is 0 Å². The number of hydrogen-bond acceptors (Lipinski definition) is 2. The minimum Gasteiger partial charge on any atom is -0.454 e. The molecule has 0 aliphatic rings. The van der Waals surface area contributed by atoms with Crippen molar-refractivity contribution in [2.45, 2.75) is 26.9 Å². The highest BCUT2D eigenvalue weighted by Gasteiger charge is 2.09. The van der Waals surface area contributed by atoms with Crippen LogP contribution in [0.2, 0.25) is 0 Å². The summed E-state index contributed by atoms with van der Waals surface area (Å²) < 4.78 is 19.4. The van der Waals surface area contributed by atoms with Crippen molar-refractivity contribution in [1.82, 2.24) is 0 Å². The lowest BCUT2D eigenvalue weighted by atomic mass is 10.1. The monoisotopic (exact) mass is 260 g/mol. The van der Waals surface area contributed by atoms with Gasteiger partial charge >= 0.3 is 0 Å². The van der Waals surface area contributed by atoms with Gasteiger partial charge in [0.05, 0.1) is 6.10 Å². The van der Waals surface area contributed by atoms with Gasteiger partial charge < -0.3 is 9.84 Å². The minimum atomic E-state index is -0.690. The van der Waals surface area contributed by atoms with Crippen molar-refractivity contribution in [2.24, 2.45) is 0 Å². The number of rotatable bonds is 3. The summed E-state index contributed by atoms with van der Waals surface area (Å²) in [4.78, 5) is 0. The van der Waals surface area contributed by atoms with Crippen LogP contribution in [0, 0.1) is 19.7 Å². The first-order valence-electron chi connectivity index (χ1n) is 6.20. The van der Waals surface area contributed by atoms with Gasteiger partial charge in [-0.1, -0.05) is 12.1 Å². The molecule has 1 atom stereocenters. The van der Waals surface area contributed by atoms with Gasteiger partial charge in [-0.25, -0.2) is 4.39 Å². The van der Waals surface area contributed by atoms with E-state index in [0.29, 0.717) is 11.3 Å². The molecule has 3 heteroatoms. The molecule has 0 fully saturated rings. The van der Waals surface area contributed by atoms with E-state index in [9.17, 15) is 9.50 Å². The highest BCUT2D eigenvalue weighted by molar-refractivity contribution is 5.38. The molecule has 100 valence electrons. The Labute approximate surface area is 112 Å². The molecule has 2 nitrogen and oxygen atoms in total. The standard InChI is InChI=1S/C16H17FO2/c1-10-4-6-14(8-11(10)2)19-16-7-5-13(12(3)18)9-15(16)17/h4-9,12,18H,1-3H3. The van der Waals surface area contributed by atoms with Gasteiger partial charge in [0.25, 0.3) is 0 Å². The van der Waals surface area contributed by atoms with E-state index in [1.807, 2.05) is 32.0 Å². The lowest BCUT2D eigenvalue weighted by Crippen LogP contribution is -1.95. The number of aliphatic hydroxyl groups excluding tert-OH is 1. The molecule has 0 aromatic heterocycles. The summed E-state index contributed by atoms with van der Waals surface area (Å²) in [6.07, 6.45) is -0.690. The van der Waals surface area contributed by atoms with Crippen LogP contribution in [-0.4, -0.2) is 5.11 Å². The second-order valence-corrected chi connectivity index (χ2v) is 4.71. The molecule has 0 heterocycles. The summed E-state index contributed by atoms with van der Waals surface area (Å²) in [5.41, 5.74) is 2.79. The molecule has 0 saturated heterocycles. The average Bonchev–Trinajstić information content (AvgIpc) is 2.36. The molecule has 1 unspecified atom stereocenters. The maximum atomic E-state index is 13.8. The van der Waals surface area contributed by atoms with E-state index in [1.54, 1.807) is 13.0 Å². The molecule has 1 N–H and O–H groups in total. The van der Waals surface area contributed by atoms with Crippen LogP contribution in [0.1, 0.15) is 29.7 Å². The number of hydrogen-bond donors (Lipinski definition) is 1. The largest absolute Gasteiger partial charge is 0.454 e. The van der Waals surface area contributed by atoms with Crippen molar-refractivity contribution >= 4 is 0 Å². The van der Waals surface area contributed by atoms with Gasteiger partial charge in [-0.3, -0.25) is 0 Å². The molecule has 0 aliphatic heterocycles. The predicted octanol–water partition coefficient (Wildman–Crippen LogP) is 4.29. The van der Waals surface area contributed by atoms with Crippen LogP contribution in [0.3, 0.4) is 0 Å². The Morgan fingerprint density at radius 2 is 1.79 bits per heavy atom. The molecule has 2 aromatic carbocycles. The maximum absolute atomic E-state index is 13.8. The lowest BCUT2D eigenvalue weighted by Gasteiger charge is -2.11. The Hall–Kier alpha value is -1.87. The molecule has 2 aromatic rings. The van der Waals surface area contributed by atoms with Crippen LogP contribution < -0.4 is 4.74 Å². The molecule has 0 radical (unpaired) electrons. The number of ether oxygens (including phenoxy) is 1. The van der Waals surface area contributed by atoms with E-state index in [0.717, 1.165) is 11.1 Å². The fourth-order valence-corrected chi connectivity index (χ4v) is 1.76. The molecule has 0 amide bonds. The topological polar surface area (TPSA) is 29.5 Å². The van der Waals surface area contributed by atoms with E-state index < -0.39 is 11.9 Å². The zero-order valence-corrected chi connectivity index (χ0v) is 11.3. The summed E-state index contributed by atoms with van der Waals surface area (Å²) in [5, 5.41) is 9.39. The van der Waals surface area contributed by atoms with Crippen LogP contribution in [0.5, 0.6) is 11.5 Å². The van der Waals surface area contributed by atoms with Crippen molar-refractivity contribution in [3.05, 3.63) is 58.9 Å². The van der Waals surface area contributed by atoms with E-state index in [-0.39, 0.29) is 5.75 Å². The summed E-state index contributed by atoms with van der Waals surface area (Å²) in [5.74, 6) is 0.288. The first kappa shape index (κ1) is 13.6. The number of aliphatic hydroxyl groups is 1. The van der Waals surface area contributed by atoms with Crippen LogP contribution in [0.15, 0.2) is 36.4 Å². The van der Waals surface area contributed by atoms with Gasteiger partial charge in [-0.15, -0.1) is 0 Å². The quantitative estimate of drug-likeness (QED) is 0.892. The molecule has 19 heavy (non-hydrogen) atoms. The minimum absolute atomic E-state index is 0.160. The summed E-state index contributed by atoms with van der Waals surface area (Å²) in [6.45, 7) is 5.59. The zero-order chi connectivity index (χ0) is 14.0. The molecular formula is C16H17FO2. The van der Waals surface area contributed by atoms with Crippen LogP contribution in [0.4, 0.5) is 4.39 Å². The first-order chi connectivity index (χ1) is 8.97. The predicted molar refractivity (Wildman–Crippen MR) is 73.0 cm³/mol. The Balaban J connectivity index is 2.25. The fraction of sp³-hybridized carbons (Fsp3) is 0.250. The Morgan fingerprint density at radius 1 is 1.05 bits per heavy atom. The Morgan fingerprint density at radius 3 is 2.37 bits per heavy atom. The normalized spacial score (nSPS) is 12.3. The molecule has 0 saturated carbocycles. The van der Waals surface area contributed by atoms with Gasteiger partial charge in [0.2, 0.25) is 0 Å². The molecule has 0 aliphatic carbocycles. The highest BCUT2D eigenvalue weighted by Crippen LogP contribution is 2.28. The van der Waals surface area contributed by atoms with Crippen molar-refractivity contribution in [3.63, 3.8) is 0 Å². The maximum Gasteiger partial charge on any atom is 0.166 e.